The molecule has 2 heterocycles. The Morgan fingerprint density at radius 3 is 2.73 bits per heavy atom. The van der Waals surface area contributed by atoms with Gasteiger partial charge in [0.15, 0.2) is 0 Å². The molecule has 0 bridgehead atoms. The van der Waals surface area contributed by atoms with Crippen LogP contribution in [0.15, 0.2) is 30.3 Å². The van der Waals surface area contributed by atoms with Crippen LogP contribution in [-0.4, -0.2) is 42.3 Å². The lowest BCUT2D eigenvalue weighted by Gasteiger charge is -2.30. The third-order valence-electron chi connectivity index (χ3n) is 4.03. The Hall–Kier alpha value is -1.73. The molecular weight excluding hydrogens is 305 g/mol. The van der Waals surface area contributed by atoms with Gasteiger partial charge in [-0.3, -0.25) is 5.10 Å². The molecule has 1 aromatic carbocycles. The van der Waals surface area contributed by atoms with Crippen LogP contribution in [0.1, 0.15) is 24.5 Å². The highest BCUT2D eigenvalue weighted by Gasteiger charge is 2.27. The van der Waals surface area contributed by atoms with Crippen molar-refractivity contribution in [2.75, 3.05) is 19.3 Å². The van der Waals surface area contributed by atoms with E-state index in [1.807, 2.05) is 6.07 Å². The molecule has 0 radical (unpaired) electrons. The number of halogens is 1. The third-order valence-corrected chi connectivity index (χ3v) is 5.30. The fourth-order valence-electron chi connectivity index (χ4n) is 2.81. The van der Waals surface area contributed by atoms with Crippen molar-refractivity contribution in [3.63, 3.8) is 0 Å². The Balaban J connectivity index is 1.80. The van der Waals surface area contributed by atoms with E-state index in [2.05, 4.69) is 10.2 Å². The van der Waals surface area contributed by atoms with Crippen LogP contribution < -0.4 is 0 Å². The first-order valence-corrected chi connectivity index (χ1v) is 9.05. The van der Waals surface area contributed by atoms with Crippen molar-refractivity contribution in [2.45, 2.75) is 18.8 Å². The molecule has 1 unspecified atom stereocenters. The molecule has 1 atom stereocenters. The number of hydrogen-bond acceptors (Lipinski definition) is 3. The molecule has 0 aliphatic carbocycles. The minimum absolute atomic E-state index is 0.116. The first-order valence-electron chi connectivity index (χ1n) is 7.20. The highest BCUT2D eigenvalue weighted by atomic mass is 32.2. The van der Waals surface area contributed by atoms with Gasteiger partial charge in [0.1, 0.15) is 5.82 Å². The Labute approximate surface area is 129 Å². The molecule has 5 nitrogen and oxygen atoms in total. The van der Waals surface area contributed by atoms with Crippen LogP contribution in [0.25, 0.3) is 11.3 Å². The number of rotatable bonds is 3. The Morgan fingerprint density at radius 1 is 1.32 bits per heavy atom. The van der Waals surface area contributed by atoms with E-state index in [4.69, 9.17) is 0 Å². The standard InChI is InChI=1S/C15H18FN3O2S/c1-22(20,21)19-8-2-3-12(10-19)15-9-14(17-18-15)11-4-6-13(16)7-5-11/h4-7,9,12H,2-3,8,10H2,1H3,(H,17,18). The molecule has 1 aliphatic heterocycles. The summed E-state index contributed by atoms with van der Waals surface area (Å²) in [6, 6.07) is 8.08. The lowest BCUT2D eigenvalue weighted by atomic mass is 9.96. The molecule has 3 rings (SSSR count). The maximum Gasteiger partial charge on any atom is 0.211 e. The highest BCUT2D eigenvalue weighted by molar-refractivity contribution is 7.88. The summed E-state index contributed by atoms with van der Waals surface area (Å²) in [6.07, 6.45) is 3.01. The SMILES string of the molecule is CS(=O)(=O)N1CCCC(c2cc(-c3ccc(F)cc3)n[nH]2)C1. The van der Waals surface area contributed by atoms with Crippen LogP contribution in [0.4, 0.5) is 4.39 Å². The summed E-state index contributed by atoms with van der Waals surface area (Å²) in [5.74, 6) is -0.166. The largest absolute Gasteiger partial charge is 0.282 e. The van der Waals surface area contributed by atoms with E-state index < -0.39 is 10.0 Å². The first kappa shape index (κ1) is 15.2. The van der Waals surface area contributed by atoms with Gasteiger partial charge in [-0.15, -0.1) is 0 Å². The van der Waals surface area contributed by atoms with Crippen molar-refractivity contribution < 1.29 is 12.8 Å². The number of nitrogens with one attached hydrogen (secondary N) is 1. The average Bonchev–Trinajstić information content (AvgIpc) is 2.97. The first-order chi connectivity index (χ1) is 10.4. The fraction of sp³-hybridized carbons (Fsp3) is 0.400. The smallest absolute Gasteiger partial charge is 0.211 e. The number of hydrogen-bond donors (Lipinski definition) is 1. The van der Waals surface area contributed by atoms with Crippen LogP contribution in [0.2, 0.25) is 0 Å². The summed E-state index contributed by atoms with van der Waals surface area (Å²) in [5, 5.41) is 7.26. The van der Waals surface area contributed by atoms with E-state index in [0.717, 1.165) is 29.8 Å². The van der Waals surface area contributed by atoms with Gasteiger partial charge in [0.05, 0.1) is 11.9 Å². The fourth-order valence-corrected chi connectivity index (χ4v) is 3.72. The summed E-state index contributed by atoms with van der Waals surface area (Å²) in [7, 11) is -3.16. The number of sulfonamides is 1. The number of aromatic amines is 1. The summed E-state index contributed by atoms with van der Waals surface area (Å²) in [6.45, 7) is 1.05. The van der Waals surface area contributed by atoms with Crippen LogP contribution >= 0.6 is 0 Å². The molecule has 1 aromatic heterocycles. The van der Waals surface area contributed by atoms with Crippen molar-refractivity contribution in [1.29, 1.82) is 0 Å². The average molecular weight is 323 g/mol. The maximum absolute atomic E-state index is 13.0. The van der Waals surface area contributed by atoms with E-state index >= 15 is 0 Å². The number of benzene rings is 1. The Kier molecular flexibility index (Phi) is 4.01. The molecule has 118 valence electrons. The topological polar surface area (TPSA) is 66.1 Å². The van der Waals surface area contributed by atoms with E-state index in [-0.39, 0.29) is 11.7 Å². The van der Waals surface area contributed by atoms with Crippen molar-refractivity contribution >= 4 is 10.0 Å². The molecule has 0 amide bonds. The quantitative estimate of drug-likeness (QED) is 0.943. The normalized spacial score (nSPS) is 20.2. The van der Waals surface area contributed by atoms with E-state index in [1.54, 1.807) is 12.1 Å². The van der Waals surface area contributed by atoms with Gasteiger partial charge in [0.25, 0.3) is 0 Å². The molecular formula is C15H18FN3O2S. The predicted molar refractivity (Wildman–Crippen MR) is 82.4 cm³/mol. The van der Waals surface area contributed by atoms with Gasteiger partial charge in [-0.2, -0.15) is 5.10 Å². The monoisotopic (exact) mass is 323 g/mol. The van der Waals surface area contributed by atoms with Gasteiger partial charge in [-0.25, -0.2) is 17.1 Å². The molecule has 0 spiro atoms. The van der Waals surface area contributed by atoms with Crippen molar-refractivity contribution in [2.24, 2.45) is 0 Å². The van der Waals surface area contributed by atoms with Gasteiger partial charge in [0.2, 0.25) is 10.0 Å². The van der Waals surface area contributed by atoms with Gasteiger partial charge in [-0.05, 0) is 43.2 Å². The van der Waals surface area contributed by atoms with Crippen LogP contribution in [0.3, 0.4) is 0 Å². The highest BCUT2D eigenvalue weighted by Crippen LogP contribution is 2.29. The third kappa shape index (κ3) is 3.20. The van der Waals surface area contributed by atoms with Gasteiger partial charge < -0.3 is 0 Å². The second kappa shape index (κ2) is 5.81. The predicted octanol–water partition coefficient (Wildman–Crippen LogP) is 2.35. The minimum atomic E-state index is -3.16. The maximum atomic E-state index is 13.0. The van der Waals surface area contributed by atoms with Crippen molar-refractivity contribution in [3.05, 3.63) is 41.8 Å². The molecule has 1 N–H and O–H groups in total. The summed E-state index contributed by atoms with van der Waals surface area (Å²) < 4.78 is 37.8. The summed E-state index contributed by atoms with van der Waals surface area (Å²) >= 11 is 0. The van der Waals surface area contributed by atoms with Gasteiger partial charge in [-0.1, -0.05) is 0 Å². The number of H-pyrrole nitrogens is 1. The molecule has 0 saturated carbocycles. The molecule has 1 fully saturated rings. The molecule has 2 aromatic rings. The van der Waals surface area contributed by atoms with Crippen molar-refractivity contribution in [1.82, 2.24) is 14.5 Å². The molecule has 22 heavy (non-hydrogen) atoms. The lowest BCUT2D eigenvalue weighted by Crippen LogP contribution is -2.38. The second-order valence-corrected chi connectivity index (χ2v) is 7.66. The van der Waals surface area contributed by atoms with E-state index in [9.17, 15) is 12.8 Å². The number of nitrogens with zero attached hydrogens (tertiary/aromatic N) is 2. The zero-order valence-electron chi connectivity index (χ0n) is 12.3. The van der Waals surface area contributed by atoms with Gasteiger partial charge >= 0.3 is 0 Å². The minimum Gasteiger partial charge on any atom is -0.282 e. The van der Waals surface area contributed by atoms with E-state index in [1.165, 1.54) is 22.7 Å². The summed E-state index contributed by atoms with van der Waals surface area (Å²) in [5.41, 5.74) is 2.50. The second-order valence-electron chi connectivity index (χ2n) is 5.68. The van der Waals surface area contributed by atoms with Gasteiger partial charge in [0, 0.05) is 30.3 Å². The van der Waals surface area contributed by atoms with Crippen LogP contribution in [0.5, 0.6) is 0 Å². The summed E-state index contributed by atoms with van der Waals surface area (Å²) in [4.78, 5) is 0. The Morgan fingerprint density at radius 2 is 2.05 bits per heavy atom. The molecule has 1 saturated heterocycles. The lowest BCUT2D eigenvalue weighted by molar-refractivity contribution is 0.314. The van der Waals surface area contributed by atoms with Crippen molar-refractivity contribution in [3.8, 4) is 11.3 Å². The number of piperidine rings is 1. The molecule has 1 aliphatic rings. The Bertz CT molecular complexity index is 755. The zero-order chi connectivity index (χ0) is 15.7. The number of aromatic nitrogens is 2. The zero-order valence-corrected chi connectivity index (χ0v) is 13.1. The molecule has 7 heteroatoms. The van der Waals surface area contributed by atoms with Crippen LogP contribution in [0, 0.1) is 5.82 Å². The van der Waals surface area contributed by atoms with E-state index in [0.29, 0.717) is 13.1 Å². The van der Waals surface area contributed by atoms with Crippen LogP contribution in [-0.2, 0) is 10.0 Å².